The van der Waals surface area contributed by atoms with Crippen molar-refractivity contribution in [2.75, 3.05) is 0 Å². The van der Waals surface area contributed by atoms with Gasteiger partial charge in [-0.1, -0.05) is 40.0 Å². The second-order valence-electron chi connectivity index (χ2n) is 5.97. The van der Waals surface area contributed by atoms with Crippen LogP contribution in [0.25, 0.3) is 0 Å². The van der Waals surface area contributed by atoms with Crippen molar-refractivity contribution in [1.29, 1.82) is 0 Å². The first-order valence-electron chi connectivity index (χ1n) is 6.17. The topological polar surface area (TPSA) is 80.3 Å². The van der Waals surface area contributed by atoms with E-state index in [4.69, 9.17) is 0 Å². The van der Waals surface area contributed by atoms with Crippen molar-refractivity contribution in [2.45, 2.75) is 52.9 Å². The zero-order valence-corrected chi connectivity index (χ0v) is 15.9. The van der Waals surface area contributed by atoms with E-state index in [9.17, 15) is 19.8 Å². The molecule has 0 spiro atoms. The summed E-state index contributed by atoms with van der Waals surface area (Å²) < 4.78 is 0. The summed E-state index contributed by atoms with van der Waals surface area (Å²) in [7, 11) is 0. The van der Waals surface area contributed by atoms with E-state index in [0.29, 0.717) is 12.8 Å². The summed E-state index contributed by atoms with van der Waals surface area (Å²) in [4.78, 5) is 23.0. The van der Waals surface area contributed by atoms with Gasteiger partial charge in [-0.3, -0.25) is 0 Å². The molecule has 98 valence electrons. The molecule has 0 heterocycles. The maximum Gasteiger partial charge on any atom is 1.00 e. The van der Waals surface area contributed by atoms with Crippen LogP contribution in [-0.4, -0.2) is 11.9 Å². The van der Waals surface area contributed by atoms with Crippen molar-refractivity contribution in [1.82, 2.24) is 0 Å². The molecule has 0 unspecified atom stereocenters. The van der Waals surface area contributed by atoms with Gasteiger partial charge in [-0.2, -0.15) is 0 Å². The molecule has 19 heavy (non-hydrogen) atoms. The quantitative estimate of drug-likeness (QED) is 0.382. The molecule has 0 N–H and O–H groups in total. The third kappa shape index (κ3) is 4.32. The molecule has 0 radical (unpaired) electrons. The molecule has 0 aliphatic heterocycles. The number of hydrogen-bond donors (Lipinski definition) is 0. The predicted octanol–water partition coefficient (Wildman–Crippen LogP) is -5.89. The Bertz CT molecular complexity index is 305. The molecule has 0 bridgehead atoms. The van der Waals surface area contributed by atoms with Crippen LogP contribution in [0.2, 0.25) is 0 Å². The molecule has 0 amide bonds. The van der Waals surface area contributed by atoms with Gasteiger partial charge in [0.25, 0.3) is 0 Å². The van der Waals surface area contributed by atoms with Gasteiger partial charge in [0, 0.05) is 0 Å². The molecule has 0 aromatic carbocycles. The predicted molar refractivity (Wildman–Crippen MR) is 58.5 cm³/mol. The molecule has 1 saturated carbocycles. The fourth-order valence-electron chi connectivity index (χ4n) is 3.18. The van der Waals surface area contributed by atoms with Gasteiger partial charge < -0.3 is 19.8 Å². The summed E-state index contributed by atoms with van der Waals surface area (Å²) >= 11 is 0. The Hall–Kier alpha value is 1.17. The van der Waals surface area contributed by atoms with Crippen molar-refractivity contribution in [3.8, 4) is 0 Å². The summed E-state index contributed by atoms with van der Waals surface area (Å²) in [6.45, 7) is 4.90. The number of rotatable bonds is 3. The van der Waals surface area contributed by atoms with E-state index < -0.39 is 22.8 Å². The Labute approximate surface area is 169 Å². The van der Waals surface area contributed by atoms with Crippen molar-refractivity contribution in [3.05, 3.63) is 0 Å². The number of aliphatic carboxylic acids is 2. The van der Waals surface area contributed by atoms with Gasteiger partial charge in [-0.05, 0) is 24.2 Å². The third-order valence-electron chi connectivity index (χ3n) is 4.04. The molecule has 1 rings (SSSR count). The zero-order chi connectivity index (χ0) is 13.3. The Balaban J connectivity index is 0. The normalized spacial score (nSPS) is 17.0. The third-order valence-corrected chi connectivity index (χ3v) is 4.04. The summed E-state index contributed by atoms with van der Waals surface area (Å²) in [6, 6.07) is 0. The molecule has 0 aromatic rings. The van der Waals surface area contributed by atoms with Crippen LogP contribution in [0.15, 0.2) is 0 Å². The van der Waals surface area contributed by atoms with Crippen molar-refractivity contribution in [2.24, 2.45) is 16.7 Å². The van der Waals surface area contributed by atoms with Gasteiger partial charge >= 0.3 is 70.2 Å². The Morgan fingerprint density at radius 1 is 0.947 bits per heavy atom. The van der Waals surface area contributed by atoms with Gasteiger partial charge in [0.05, 0.1) is 17.4 Å². The Morgan fingerprint density at radius 2 is 1.32 bits per heavy atom. The molecular formula is C13H20KLiO4. The second kappa shape index (κ2) is 8.58. The van der Waals surface area contributed by atoms with Gasteiger partial charge in [-0.15, -0.1) is 0 Å². The summed E-state index contributed by atoms with van der Waals surface area (Å²) in [5, 5.41) is 23.0. The number of carboxylic acids is 2. The number of hydrogen-bond acceptors (Lipinski definition) is 4. The minimum absolute atomic E-state index is 0. The number of carbonyl (C=O) groups excluding carboxylic acids is 2. The second-order valence-corrected chi connectivity index (χ2v) is 5.97. The van der Waals surface area contributed by atoms with Gasteiger partial charge in [0.15, 0.2) is 0 Å². The molecule has 0 aromatic heterocycles. The first-order valence-corrected chi connectivity index (χ1v) is 6.17. The van der Waals surface area contributed by atoms with Crippen LogP contribution >= 0.6 is 0 Å². The molecule has 0 saturated heterocycles. The van der Waals surface area contributed by atoms with Crippen LogP contribution < -0.4 is 80.5 Å². The largest absolute Gasteiger partial charge is 1.00 e. The SMILES string of the molecule is CC(C)(C)C(C(=O)[O-])(C(=O)[O-])C1CCCCC1.[K+].[Li+]. The fourth-order valence-corrected chi connectivity index (χ4v) is 3.18. The van der Waals surface area contributed by atoms with Gasteiger partial charge in [0.1, 0.15) is 0 Å². The van der Waals surface area contributed by atoms with Crippen LogP contribution in [0.1, 0.15) is 52.9 Å². The monoisotopic (exact) mass is 286 g/mol. The molecular weight excluding hydrogens is 266 g/mol. The summed E-state index contributed by atoms with van der Waals surface area (Å²) in [5.41, 5.74) is -2.79. The van der Waals surface area contributed by atoms with Crippen molar-refractivity contribution in [3.63, 3.8) is 0 Å². The van der Waals surface area contributed by atoms with Crippen LogP contribution in [0.4, 0.5) is 0 Å². The van der Waals surface area contributed by atoms with E-state index >= 15 is 0 Å². The maximum absolute atomic E-state index is 11.5. The van der Waals surface area contributed by atoms with Crippen molar-refractivity contribution >= 4 is 11.9 Å². The minimum atomic E-state index is -1.88. The van der Waals surface area contributed by atoms with E-state index in [1.807, 2.05) is 0 Å². The van der Waals surface area contributed by atoms with E-state index in [2.05, 4.69) is 0 Å². The first kappa shape index (κ1) is 22.5. The molecule has 4 nitrogen and oxygen atoms in total. The average Bonchev–Trinajstić information content (AvgIpc) is 2.16. The van der Waals surface area contributed by atoms with Crippen LogP contribution in [0.3, 0.4) is 0 Å². The van der Waals surface area contributed by atoms with Crippen LogP contribution in [0.5, 0.6) is 0 Å². The smallest absolute Gasteiger partial charge is 0.549 e. The molecule has 6 heteroatoms. The van der Waals surface area contributed by atoms with E-state index in [1.165, 1.54) is 0 Å². The van der Waals surface area contributed by atoms with Crippen LogP contribution in [-0.2, 0) is 9.59 Å². The molecule has 1 aliphatic carbocycles. The minimum Gasteiger partial charge on any atom is -0.549 e. The zero-order valence-electron chi connectivity index (χ0n) is 12.7. The Kier molecular flexibility index (Phi) is 10.1. The molecule has 0 atom stereocenters. The maximum atomic E-state index is 11.5. The van der Waals surface area contributed by atoms with E-state index in [0.717, 1.165) is 19.3 Å². The number of carboxylic acid groups (broad SMARTS) is 2. The Morgan fingerprint density at radius 3 is 1.58 bits per heavy atom. The fraction of sp³-hybridized carbons (Fsp3) is 0.846. The first-order chi connectivity index (χ1) is 7.74. The number of carbonyl (C=O) groups is 2. The summed E-state index contributed by atoms with van der Waals surface area (Å²) in [6.07, 6.45) is 4.04. The van der Waals surface area contributed by atoms with E-state index in [1.54, 1.807) is 20.8 Å². The van der Waals surface area contributed by atoms with Gasteiger partial charge in [0.2, 0.25) is 0 Å². The van der Waals surface area contributed by atoms with E-state index in [-0.39, 0.29) is 76.2 Å². The van der Waals surface area contributed by atoms with Gasteiger partial charge in [-0.25, -0.2) is 0 Å². The average molecular weight is 286 g/mol. The molecule has 1 aliphatic rings. The van der Waals surface area contributed by atoms with Crippen LogP contribution in [0, 0.1) is 16.7 Å². The summed E-state index contributed by atoms with van der Waals surface area (Å²) in [5.74, 6) is -3.39. The van der Waals surface area contributed by atoms with Crippen molar-refractivity contribution < 1.29 is 90.0 Å². The standard InChI is InChI=1S/C13H22O4.K.Li/c1-12(2,3)13(10(14)15,11(16)17)9-7-5-4-6-8-9;;/h9H,4-8H2,1-3H3,(H,14,15)(H,16,17);;/q;2*+1/p-2. The molecule has 1 fully saturated rings.